The Balaban J connectivity index is 1.80. The number of hydrogen-bond donors (Lipinski definition) is 0. The van der Waals surface area contributed by atoms with Gasteiger partial charge in [0.1, 0.15) is 11.4 Å². The summed E-state index contributed by atoms with van der Waals surface area (Å²) in [5, 5.41) is 4.01. The van der Waals surface area contributed by atoms with Gasteiger partial charge in [0.15, 0.2) is 0 Å². The molecular formula is C16H23N5O3S. The number of carbonyl (C=O) groups excluding carboxylic acids is 3. The summed E-state index contributed by atoms with van der Waals surface area (Å²) >= 11 is 1.11. The zero-order chi connectivity index (χ0) is 18.1. The van der Waals surface area contributed by atoms with E-state index >= 15 is 0 Å². The number of fused-ring (bicyclic) bond motifs is 4. The highest BCUT2D eigenvalue weighted by Gasteiger charge is 2.43. The van der Waals surface area contributed by atoms with Gasteiger partial charge in [-0.1, -0.05) is 11.4 Å². The maximum atomic E-state index is 12.9. The molecule has 4 heterocycles. The standard InChI is InChI=1S/C16H23N5O3S/c1-4-12-14(25-18-17-12)16(24)20-7-10-5-6-11(8-20)21(15(10)23)9-13(22)19(2)3/h10-11H,4-9H2,1-3H3/t10-,11+/m0/s1. The van der Waals surface area contributed by atoms with Crippen LogP contribution < -0.4 is 0 Å². The van der Waals surface area contributed by atoms with Crippen molar-refractivity contribution in [3.8, 4) is 0 Å². The molecule has 9 heteroatoms. The minimum Gasteiger partial charge on any atom is -0.347 e. The van der Waals surface area contributed by atoms with Crippen molar-refractivity contribution in [2.45, 2.75) is 32.2 Å². The number of nitrogens with zero attached hydrogens (tertiary/aromatic N) is 5. The van der Waals surface area contributed by atoms with E-state index in [1.165, 1.54) is 4.90 Å². The van der Waals surface area contributed by atoms with E-state index in [0.717, 1.165) is 24.4 Å². The van der Waals surface area contributed by atoms with Crippen LogP contribution in [0.25, 0.3) is 0 Å². The van der Waals surface area contributed by atoms with Crippen LogP contribution in [0.5, 0.6) is 0 Å². The third-order valence-electron chi connectivity index (χ3n) is 4.97. The average Bonchev–Trinajstić information content (AvgIpc) is 2.91. The van der Waals surface area contributed by atoms with E-state index in [2.05, 4.69) is 9.59 Å². The first-order valence-corrected chi connectivity index (χ1v) is 9.30. The smallest absolute Gasteiger partial charge is 0.267 e. The van der Waals surface area contributed by atoms with Crippen molar-refractivity contribution in [3.63, 3.8) is 0 Å². The Hall–Kier alpha value is -2.03. The highest BCUT2D eigenvalue weighted by Crippen LogP contribution is 2.30. The summed E-state index contributed by atoms with van der Waals surface area (Å²) in [6, 6.07) is -0.106. The molecule has 0 N–H and O–H groups in total. The molecule has 0 aliphatic carbocycles. The molecular weight excluding hydrogens is 342 g/mol. The van der Waals surface area contributed by atoms with Crippen LogP contribution in [-0.4, -0.2) is 81.8 Å². The van der Waals surface area contributed by atoms with E-state index in [0.29, 0.717) is 30.1 Å². The molecule has 3 saturated heterocycles. The van der Waals surface area contributed by atoms with Crippen LogP contribution in [0.15, 0.2) is 0 Å². The maximum Gasteiger partial charge on any atom is 0.267 e. The van der Waals surface area contributed by atoms with Crippen molar-refractivity contribution in [2.24, 2.45) is 5.92 Å². The highest BCUT2D eigenvalue weighted by atomic mass is 32.1. The molecule has 0 aromatic carbocycles. The Bertz CT molecular complexity index is 689. The molecule has 0 unspecified atom stereocenters. The number of likely N-dealkylation sites (N-methyl/N-ethyl adjacent to an activating group) is 1. The SMILES string of the molecule is CCc1nnsc1C(=O)N1C[C@@H]2CC[C@H](C1)N(CC(=O)N(C)C)C2=O. The third kappa shape index (κ3) is 3.37. The average molecular weight is 365 g/mol. The molecule has 3 fully saturated rings. The lowest BCUT2D eigenvalue weighted by atomic mass is 9.94. The molecule has 4 rings (SSSR count). The van der Waals surface area contributed by atoms with Crippen molar-refractivity contribution in [3.05, 3.63) is 10.6 Å². The number of aryl methyl sites for hydroxylation is 1. The first kappa shape index (κ1) is 17.8. The third-order valence-corrected chi connectivity index (χ3v) is 5.73. The zero-order valence-electron chi connectivity index (χ0n) is 14.8. The number of rotatable bonds is 4. The number of piperidine rings is 1. The van der Waals surface area contributed by atoms with Crippen LogP contribution in [0.2, 0.25) is 0 Å². The van der Waals surface area contributed by atoms with Crippen molar-refractivity contribution >= 4 is 29.3 Å². The lowest BCUT2D eigenvalue weighted by Crippen LogP contribution is -2.51. The van der Waals surface area contributed by atoms with E-state index in [9.17, 15) is 14.4 Å². The van der Waals surface area contributed by atoms with Gasteiger partial charge in [-0.05, 0) is 30.8 Å². The van der Waals surface area contributed by atoms with Gasteiger partial charge in [-0.15, -0.1) is 5.10 Å². The van der Waals surface area contributed by atoms with Crippen LogP contribution in [0.4, 0.5) is 0 Å². The second kappa shape index (κ2) is 7.07. The lowest BCUT2D eigenvalue weighted by molar-refractivity contribution is -0.145. The number of amides is 3. The van der Waals surface area contributed by atoms with E-state index in [-0.39, 0.29) is 36.2 Å². The number of hydrogen-bond acceptors (Lipinski definition) is 6. The largest absolute Gasteiger partial charge is 0.347 e. The maximum absolute atomic E-state index is 12.9. The Morgan fingerprint density at radius 1 is 1.28 bits per heavy atom. The van der Waals surface area contributed by atoms with E-state index in [1.807, 2.05) is 6.92 Å². The van der Waals surface area contributed by atoms with Crippen molar-refractivity contribution in [1.29, 1.82) is 0 Å². The normalized spacial score (nSPS) is 22.9. The number of aromatic nitrogens is 2. The Morgan fingerprint density at radius 2 is 2.04 bits per heavy atom. The first-order valence-electron chi connectivity index (χ1n) is 8.53. The molecule has 3 amide bonds. The Kier molecular flexibility index (Phi) is 5.03. The molecule has 2 bridgehead atoms. The molecule has 0 radical (unpaired) electrons. The monoisotopic (exact) mass is 365 g/mol. The van der Waals surface area contributed by atoms with Crippen molar-refractivity contribution < 1.29 is 14.4 Å². The summed E-state index contributed by atoms with van der Waals surface area (Å²) in [6.07, 6.45) is 2.24. The molecule has 1 aromatic rings. The summed E-state index contributed by atoms with van der Waals surface area (Å²) < 4.78 is 3.89. The molecule has 25 heavy (non-hydrogen) atoms. The van der Waals surface area contributed by atoms with Crippen LogP contribution in [0, 0.1) is 5.92 Å². The highest BCUT2D eigenvalue weighted by molar-refractivity contribution is 7.08. The summed E-state index contributed by atoms with van der Waals surface area (Å²) in [6.45, 7) is 2.89. The molecule has 136 valence electrons. The summed E-state index contributed by atoms with van der Waals surface area (Å²) in [4.78, 5) is 43.2. The summed E-state index contributed by atoms with van der Waals surface area (Å²) in [5.41, 5.74) is 0.706. The van der Waals surface area contributed by atoms with Crippen LogP contribution in [0.1, 0.15) is 35.1 Å². The van der Waals surface area contributed by atoms with Gasteiger partial charge in [0.05, 0.1) is 11.6 Å². The van der Waals surface area contributed by atoms with Crippen molar-refractivity contribution in [2.75, 3.05) is 33.7 Å². The fourth-order valence-corrected chi connectivity index (χ4v) is 4.17. The predicted molar refractivity (Wildman–Crippen MR) is 92.1 cm³/mol. The van der Waals surface area contributed by atoms with Gasteiger partial charge in [-0.3, -0.25) is 14.4 Å². The second-order valence-electron chi connectivity index (χ2n) is 6.79. The van der Waals surface area contributed by atoms with Gasteiger partial charge in [0.2, 0.25) is 11.8 Å². The second-order valence-corrected chi connectivity index (χ2v) is 7.55. The predicted octanol–water partition coefficient (Wildman–Crippen LogP) is 0.252. The molecule has 8 nitrogen and oxygen atoms in total. The fraction of sp³-hybridized carbons (Fsp3) is 0.688. The zero-order valence-corrected chi connectivity index (χ0v) is 15.6. The van der Waals surface area contributed by atoms with Crippen LogP contribution in [-0.2, 0) is 16.0 Å². The van der Waals surface area contributed by atoms with Gasteiger partial charge < -0.3 is 14.7 Å². The minimum atomic E-state index is -0.233. The topological polar surface area (TPSA) is 86.7 Å². The Labute approximate surface area is 150 Å². The minimum absolute atomic E-state index is 0.0140. The fourth-order valence-electron chi connectivity index (χ4n) is 3.45. The molecule has 0 spiro atoms. The molecule has 2 atom stereocenters. The molecule has 0 saturated carbocycles. The molecule has 1 aromatic heterocycles. The van der Waals surface area contributed by atoms with E-state index < -0.39 is 0 Å². The van der Waals surface area contributed by atoms with Crippen molar-refractivity contribution in [1.82, 2.24) is 24.3 Å². The van der Waals surface area contributed by atoms with Gasteiger partial charge in [0.25, 0.3) is 5.91 Å². The van der Waals surface area contributed by atoms with Gasteiger partial charge in [-0.2, -0.15) is 0 Å². The van der Waals surface area contributed by atoms with Gasteiger partial charge in [-0.25, -0.2) is 0 Å². The first-order chi connectivity index (χ1) is 11.9. The van der Waals surface area contributed by atoms with Gasteiger partial charge in [0, 0.05) is 33.2 Å². The van der Waals surface area contributed by atoms with E-state index in [1.54, 1.807) is 23.9 Å². The molecule has 3 aliphatic rings. The van der Waals surface area contributed by atoms with Gasteiger partial charge >= 0.3 is 0 Å². The van der Waals surface area contributed by atoms with E-state index in [4.69, 9.17) is 0 Å². The summed E-state index contributed by atoms with van der Waals surface area (Å²) in [7, 11) is 3.36. The molecule has 3 aliphatic heterocycles. The quantitative estimate of drug-likeness (QED) is 0.763. The van der Waals surface area contributed by atoms with Crippen LogP contribution >= 0.6 is 11.5 Å². The summed E-state index contributed by atoms with van der Waals surface area (Å²) in [5.74, 6) is -0.445. The Morgan fingerprint density at radius 3 is 2.72 bits per heavy atom. The lowest BCUT2D eigenvalue weighted by Gasteiger charge is -2.35. The number of carbonyl (C=O) groups is 3. The van der Waals surface area contributed by atoms with Crippen LogP contribution in [0.3, 0.4) is 0 Å².